The highest BCUT2D eigenvalue weighted by atomic mass is 16.5. The minimum atomic E-state index is 0.332. The number of ether oxygens (including phenoxy) is 1. The average molecular weight is 388 g/mol. The number of anilines is 4. The zero-order valence-corrected chi connectivity index (χ0v) is 15.7. The number of rotatable bonds is 4. The molecule has 0 unspecified atom stereocenters. The number of aromatic nitrogens is 5. The number of imidazole rings is 1. The number of fused-ring (bicyclic) bond motifs is 1. The Morgan fingerprint density at radius 2 is 1.72 bits per heavy atom. The Labute approximate surface area is 167 Å². The van der Waals surface area contributed by atoms with E-state index in [0.29, 0.717) is 17.8 Å². The quantitative estimate of drug-likeness (QED) is 0.549. The van der Waals surface area contributed by atoms with Crippen molar-refractivity contribution in [2.24, 2.45) is 0 Å². The molecule has 0 atom stereocenters. The van der Waals surface area contributed by atoms with Crippen molar-refractivity contribution in [1.29, 1.82) is 0 Å². The molecule has 146 valence electrons. The van der Waals surface area contributed by atoms with E-state index in [1.165, 1.54) is 12.0 Å². The summed E-state index contributed by atoms with van der Waals surface area (Å²) in [4.78, 5) is 19.7. The van der Waals surface area contributed by atoms with E-state index >= 15 is 0 Å². The third-order valence-electron chi connectivity index (χ3n) is 4.85. The van der Waals surface area contributed by atoms with Crippen molar-refractivity contribution in [3.05, 3.63) is 54.9 Å². The molecule has 0 bridgehead atoms. The monoisotopic (exact) mass is 388 g/mol. The summed E-state index contributed by atoms with van der Waals surface area (Å²) in [7, 11) is 0. The molecule has 1 aliphatic heterocycles. The molecule has 2 aromatic heterocycles. The predicted octanol–water partition coefficient (Wildman–Crippen LogP) is 2.37. The van der Waals surface area contributed by atoms with Crippen LogP contribution in [0.5, 0.6) is 0 Å². The molecule has 1 fully saturated rings. The van der Waals surface area contributed by atoms with E-state index in [-0.39, 0.29) is 0 Å². The lowest BCUT2D eigenvalue weighted by atomic mass is 10.2. The molecule has 0 spiro atoms. The van der Waals surface area contributed by atoms with Crippen LogP contribution in [0.15, 0.2) is 54.9 Å². The zero-order chi connectivity index (χ0) is 19.6. The minimum absolute atomic E-state index is 0.332. The second-order valence-corrected chi connectivity index (χ2v) is 6.67. The van der Waals surface area contributed by atoms with Crippen LogP contribution in [0.1, 0.15) is 0 Å². The van der Waals surface area contributed by atoms with Crippen LogP contribution >= 0.6 is 0 Å². The van der Waals surface area contributed by atoms with Gasteiger partial charge in [-0.2, -0.15) is 4.98 Å². The maximum absolute atomic E-state index is 6.09. The van der Waals surface area contributed by atoms with Crippen LogP contribution in [0.4, 0.5) is 23.3 Å². The zero-order valence-electron chi connectivity index (χ0n) is 15.7. The number of nitrogens with zero attached hydrogens (tertiary/aromatic N) is 6. The Hall–Kier alpha value is -3.72. The van der Waals surface area contributed by atoms with Crippen LogP contribution in [0.25, 0.3) is 17.0 Å². The first-order chi connectivity index (χ1) is 14.3. The first-order valence-corrected chi connectivity index (χ1v) is 9.40. The molecule has 0 aliphatic carbocycles. The van der Waals surface area contributed by atoms with E-state index in [1.807, 2.05) is 36.4 Å². The molecule has 1 aliphatic rings. The lowest BCUT2D eigenvalue weighted by Crippen LogP contribution is -2.36. The maximum atomic E-state index is 6.09. The molecule has 4 aromatic rings. The number of morpholine rings is 1. The number of nitrogen functional groups attached to an aromatic ring is 1. The van der Waals surface area contributed by atoms with Gasteiger partial charge in [0.25, 0.3) is 0 Å². The Bertz CT molecular complexity index is 1130. The molecule has 3 heterocycles. The Morgan fingerprint density at radius 3 is 2.55 bits per heavy atom. The summed E-state index contributed by atoms with van der Waals surface area (Å²) in [5.74, 6) is 1.18. The lowest BCUT2D eigenvalue weighted by Gasteiger charge is -2.28. The molecule has 0 amide bonds. The van der Waals surface area contributed by atoms with Crippen molar-refractivity contribution in [2.45, 2.75) is 0 Å². The van der Waals surface area contributed by atoms with Gasteiger partial charge in [0.2, 0.25) is 17.8 Å². The summed E-state index contributed by atoms with van der Waals surface area (Å²) in [6.45, 7) is 3.34. The van der Waals surface area contributed by atoms with Crippen LogP contribution in [-0.4, -0.2) is 50.8 Å². The van der Waals surface area contributed by atoms with Crippen molar-refractivity contribution >= 4 is 34.3 Å². The molecule has 3 N–H and O–H groups in total. The number of hydrogen-bond acceptors (Lipinski definition) is 8. The highest BCUT2D eigenvalue weighted by Gasteiger charge is 2.13. The van der Waals surface area contributed by atoms with Crippen molar-refractivity contribution in [3.63, 3.8) is 0 Å². The summed E-state index contributed by atoms with van der Waals surface area (Å²) < 4.78 is 7.12. The van der Waals surface area contributed by atoms with E-state index in [2.05, 4.69) is 42.3 Å². The van der Waals surface area contributed by atoms with Gasteiger partial charge in [0.15, 0.2) is 0 Å². The maximum Gasteiger partial charge on any atom is 0.241 e. The van der Waals surface area contributed by atoms with Crippen molar-refractivity contribution in [2.75, 3.05) is 42.3 Å². The van der Waals surface area contributed by atoms with E-state index in [1.54, 1.807) is 4.57 Å². The average Bonchev–Trinajstić information content (AvgIpc) is 3.11. The van der Waals surface area contributed by atoms with E-state index in [9.17, 15) is 0 Å². The first-order valence-electron chi connectivity index (χ1n) is 9.40. The Morgan fingerprint density at radius 1 is 0.931 bits per heavy atom. The SMILES string of the molecule is Nc1nc2ccccc2n1-c1ncnc(Nc2ccc(N3CCOCC3)cc2)n1. The standard InChI is InChI=1S/C20H20N8O/c21-18-25-16-3-1-2-4-17(16)28(18)20-23-13-22-19(26-20)24-14-5-7-15(8-6-14)27-9-11-29-12-10-27/h1-8,13H,9-12H2,(H2,21,25)(H,22,23,24,26). The second kappa shape index (κ2) is 7.36. The summed E-state index contributed by atoms with van der Waals surface area (Å²) in [5.41, 5.74) is 9.79. The minimum Gasteiger partial charge on any atom is -0.378 e. The largest absolute Gasteiger partial charge is 0.378 e. The van der Waals surface area contributed by atoms with Gasteiger partial charge >= 0.3 is 0 Å². The van der Waals surface area contributed by atoms with E-state index in [4.69, 9.17) is 10.5 Å². The molecule has 9 heteroatoms. The van der Waals surface area contributed by atoms with Crippen LogP contribution in [0.3, 0.4) is 0 Å². The summed E-state index contributed by atoms with van der Waals surface area (Å²) in [6, 6.07) is 15.9. The van der Waals surface area contributed by atoms with Crippen LogP contribution in [0.2, 0.25) is 0 Å². The Balaban J connectivity index is 1.39. The highest BCUT2D eigenvalue weighted by molar-refractivity contribution is 5.80. The number of nitrogens with one attached hydrogen (secondary N) is 1. The molecule has 2 aromatic carbocycles. The third-order valence-corrected chi connectivity index (χ3v) is 4.85. The molecular formula is C20H20N8O. The summed E-state index contributed by atoms with van der Waals surface area (Å²) in [6.07, 6.45) is 1.46. The number of para-hydroxylation sites is 2. The van der Waals surface area contributed by atoms with Gasteiger partial charge in [-0.25, -0.2) is 19.5 Å². The van der Waals surface area contributed by atoms with Gasteiger partial charge in [0.05, 0.1) is 24.2 Å². The Kier molecular flexibility index (Phi) is 4.41. The smallest absolute Gasteiger partial charge is 0.241 e. The van der Waals surface area contributed by atoms with Gasteiger partial charge in [-0.3, -0.25) is 0 Å². The third kappa shape index (κ3) is 3.43. The van der Waals surface area contributed by atoms with Gasteiger partial charge in [0, 0.05) is 24.5 Å². The van der Waals surface area contributed by atoms with Gasteiger partial charge in [-0.1, -0.05) is 12.1 Å². The van der Waals surface area contributed by atoms with Crippen LogP contribution in [0, 0.1) is 0 Å². The normalized spacial score (nSPS) is 14.3. The van der Waals surface area contributed by atoms with E-state index in [0.717, 1.165) is 43.0 Å². The molecule has 0 saturated carbocycles. The molecule has 1 saturated heterocycles. The number of benzene rings is 2. The van der Waals surface area contributed by atoms with Gasteiger partial charge in [0.1, 0.15) is 6.33 Å². The number of hydrogen-bond donors (Lipinski definition) is 2. The molecule has 0 radical (unpaired) electrons. The number of nitrogens with two attached hydrogens (primary N) is 1. The second-order valence-electron chi connectivity index (χ2n) is 6.67. The van der Waals surface area contributed by atoms with Crippen molar-refractivity contribution in [3.8, 4) is 5.95 Å². The fraction of sp³-hybridized carbons (Fsp3) is 0.200. The highest BCUT2D eigenvalue weighted by Crippen LogP contribution is 2.23. The topological polar surface area (TPSA) is 107 Å². The lowest BCUT2D eigenvalue weighted by molar-refractivity contribution is 0.122. The molecule has 5 rings (SSSR count). The molecule has 9 nitrogen and oxygen atoms in total. The summed E-state index contributed by atoms with van der Waals surface area (Å²) in [5, 5.41) is 3.22. The summed E-state index contributed by atoms with van der Waals surface area (Å²) >= 11 is 0. The molecular weight excluding hydrogens is 368 g/mol. The van der Waals surface area contributed by atoms with Gasteiger partial charge in [-0.05, 0) is 36.4 Å². The predicted molar refractivity (Wildman–Crippen MR) is 112 cm³/mol. The van der Waals surface area contributed by atoms with Gasteiger partial charge < -0.3 is 20.7 Å². The van der Waals surface area contributed by atoms with Crippen LogP contribution in [-0.2, 0) is 4.74 Å². The van der Waals surface area contributed by atoms with Crippen molar-refractivity contribution in [1.82, 2.24) is 24.5 Å². The van der Waals surface area contributed by atoms with Gasteiger partial charge in [-0.15, -0.1) is 0 Å². The van der Waals surface area contributed by atoms with Crippen molar-refractivity contribution < 1.29 is 4.74 Å². The fourth-order valence-electron chi connectivity index (χ4n) is 3.42. The van der Waals surface area contributed by atoms with Crippen LogP contribution < -0.4 is 16.0 Å². The molecule has 29 heavy (non-hydrogen) atoms. The first kappa shape index (κ1) is 17.4. The fourth-order valence-corrected chi connectivity index (χ4v) is 3.42. The van der Waals surface area contributed by atoms with E-state index < -0.39 is 0 Å².